The van der Waals surface area contributed by atoms with Crippen LogP contribution >= 0.6 is 0 Å². The van der Waals surface area contributed by atoms with Crippen LogP contribution in [0.5, 0.6) is 0 Å². The predicted octanol–water partition coefficient (Wildman–Crippen LogP) is 0.0616. The maximum Gasteiger partial charge on any atom is 0.283 e. The summed E-state index contributed by atoms with van der Waals surface area (Å²) in [5.41, 5.74) is -2.34. The van der Waals surface area contributed by atoms with Gasteiger partial charge in [-0.3, -0.25) is 10.1 Å². The van der Waals surface area contributed by atoms with Gasteiger partial charge in [-0.2, -0.15) is 0 Å². The van der Waals surface area contributed by atoms with Crippen molar-refractivity contribution in [3.63, 3.8) is 0 Å². The molecule has 0 spiro atoms. The van der Waals surface area contributed by atoms with Gasteiger partial charge in [-0.1, -0.05) is 0 Å². The van der Waals surface area contributed by atoms with Crippen molar-refractivity contribution >= 4 is 0 Å². The molecule has 1 aliphatic heterocycles. The summed E-state index contributed by atoms with van der Waals surface area (Å²) in [6.45, 7) is -0.323. The Morgan fingerprint density at radius 1 is 1.69 bits per heavy atom. The number of hydrogen-bond acceptors (Lipinski definition) is 5. The van der Waals surface area contributed by atoms with E-state index in [9.17, 15) is 24.0 Å². The fourth-order valence-corrected chi connectivity index (χ4v) is 1.64. The lowest BCUT2D eigenvalue weighted by atomic mass is 9.84. The number of nitrogens with zero attached hydrogens (tertiary/aromatic N) is 1. The second-order valence-electron chi connectivity index (χ2n) is 3.76. The van der Waals surface area contributed by atoms with Gasteiger partial charge in [-0.05, 0) is 0 Å². The normalized spacial score (nSPS) is 44.3. The fourth-order valence-electron chi connectivity index (χ4n) is 1.64. The average molecular weight is 241 g/mol. The van der Waals surface area contributed by atoms with Crippen LogP contribution in [0.3, 0.4) is 0 Å². The molecule has 8 heteroatoms. The first kappa shape index (κ1) is 13.2. The molecule has 0 unspecified atom stereocenters. The Labute approximate surface area is 90.3 Å². The van der Waals surface area contributed by atoms with E-state index in [2.05, 4.69) is 4.74 Å². The summed E-state index contributed by atoms with van der Waals surface area (Å²) in [5, 5.41) is 20.4. The molecule has 0 bridgehead atoms. The van der Waals surface area contributed by atoms with Gasteiger partial charge in [-0.15, -0.1) is 0 Å². The van der Waals surface area contributed by atoms with Crippen LogP contribution in [0.4, 0.5) is 8.78 Å². The van der Waals surface area contributed by atoms with E-state index in [0.29, 0.717) is 0 Å². The van der Waals surface area contributed by atoms with Gasteiger partial charge < -0.3 is 14.6 Å². The molecule has 1 fully saturated rings. The highest BCUT2D eigenvalue weighted by molar-refractivity contribution is 4.99. The largest absolute Gasteiger partial charge is 0.381 e. The third-order valence-corrected chi connectivity index (χ3v) is 2.83. The summed E-state index contributed by atoms with van der Waals surface area (Å²) in [6.07, 6.45) is -7.06. The molecule has 5 atom stereocenters. The molecule has 0 saturated carbocycles. The summed E-state index contributed by atoms with van der Waals surface area (Å²) in [6, 6.07) is 0. The van der Waals surface area contributed by atoms with Crippen LogP contribution in [0.1, 0.15) is 6.92 Å². The molecule has 1 rings (SSSR count). The Morgan fingerprint density at radius 2 is 2.25 bits per heavy atom. The highest BCUT2D eigenvalue weighted by atomic mass is 19.1. The molecular formula is C8H13F2NO5. The summed E-state index contributed by atoms with van der Waals surface area (Å²) >= 11 is 0. The molecule has 1 N–H and O–H groups in total. The van der Waals surface area contributed by atoms with Gasteiger partial charge >= 0.3 is 0 Å². The van der Waals surface area contributed by atoms with Crippen molar-refractivity contribution in [3.05, 3.63) is 10.1 Å². The number of aliphatic hydroxyl groups is 1. The minimum Gasteiger partial charge on any atom is -0.381 e. The van der Waals surface area contributed by atoms with E-state index < -0.39 is 41.8 Å². The number of alkyl halides is 2. The lowest BCUT2D eigenvalue weighted by Gasteiger charge is -2.41. The minimum atomic E-state index is -2.34. The molecule has 6 nitrogen and oxygen atoms in total. The molecule has 1 aliphatic rings. The van der Waals surface area contributed by atoms with Gasteiger partial charge in [0.2, 0.25) is 6.17 Å². The Bertz CT molecular complexity index is 261. The van der Waals surface area contributed by atoms with Gasteiger partial charge in [0.25, 0.3) is 5.54 Å². The van der Waals surface area contributed by atoms with Crippen molar-refractivity contribution in [2.75, 3.05) is 13.8 Å². The van der Waals surface area contributed by atoms with E-state index >= 15 is 0 Å². The number of ether oxygens (including phenoxy) is 2. The average Bonchev–Trinajstić information content (AvgIpc) is 2.26. The molecule has 94 valence electrons. The Morgan fingerprint density at radius 3 is 2.62 bits per heavy atom. The second kappa shape index (κ2) is 4.56. The number of rotatable bonds is 3. The highest BCUT2D eigenvalue weighted by Crippen LogP contribution is 2.34. The van der Waals surface area contributed by atoms with Crippen molar-refractivity contribution < 1.29 is 28.3 Å². The maximum absolute atomic E-state index is 13.7. The first-order valence-electron chi connectivity index (χ1n) is 4.60. The Balaban J connectivity index is 3.06. The van der Waals surface area contributed by atoms with E-state index in [1.807, 2.05) is 0 Å². The zero-order valence-corrected chi connectivity index (χ0v) is 8.80. The van der Waals surface area contributed by atoms with E-state index in [1.54, 1.807) is 0 Å². The number of nitro groups is 1. The smallest absolute Gasteiger partial charge is 0.283 e. The maximum atomic E-state index is 13.7. The van der Waals surface area contributed by atoms with Crippen molar-refractivity contribution in [2.45, 2.75) is 37.1 Å². The summed E-state index contributed by atoms with van der Waals surface area (Å²) in [5.74, 6) is 0. The zero-order chi connectivity index (χ0) is 12.5. The topological polar surface area (TPSA) is 81.8 Å². The number of aliphatic hydroxyl groups excluding tert-OH is 1. The minimum absolute atomic E-state index is 0.902. The van der Waals surface area contributed by atoms with Crippen LogP contribution in [-0.4, -0.2) is 54.0 Å². The molecule has 16 heavy (non-hydrogen) atoms. The lowest BCUT2D eigenvalue weighted by Crippen LogP contribution is -2.67. The molecule has 0 aromatic rings. The molecule has 1 heterocycles. The van der Waals surface area contributed by atoms with Crippen LogP contribution in [0, 0.1) is 10.1 Å². The second-order valence-corrected chi connectivity index (χ2v) is 3.76. The van der Waals surface area contributed by atoms with Crippen LogP contribution in [-0.2, 0) is 9.47 Å². The monoisotopic (exact) mass is 241 g/mol. The molecular weight excluding hydrogens is 228 g/mol. The van der Waals surface area contributed by atoms with E-state index in [1.165, 1.54) is 0 Å². The van der Waals surface area contributed by atoms with Crippen LogP contribution in [0.2, 0.25) is 0 Å². The van der Waals surface area contributed by atoms with Crippen molar-refractivity contribution in [1.82, 2.24) is 0 Å². The molecule has 1 saturated heterocycles. The van der Waals surface area contributed by atoms with Crippen LogP contribution in [0.25, 0.3) is 0 Å². The highest BCUT2D eigenvalue weighted by Gasteiger charge is 2.63. The lowest BCUT2D eigenvalue weighted by molar-refractivity contribution is -0.605. The fraction of sp³-hybridized carbons (Fsp3) is 1.00. The molecule has 0 aromatic carbocycles. The van der Waals surface area contributed by atoms with E-state index in [0.717, 1.165) is 14.0 Å². The molecule has 0 aromatic heterocycles. The standard InChI is InChI=1S/C8H13F2NO5/c1-8(11(13)14)5(10)4(3-9)16-7(15-2)6(8)12/h4-7,12H,3H2,1-2H3/t4-,5-,6+,7+,8-/m1/s1. The molecule has 0 aliphatic carbocycles. The molecule has 0 amide bonds. The van der Waals surface area contributed by atoms with Gasteiger partial charge in [0, 0.05) is 19.0 Å². The first-order chi connectivity index (χ1) is 7.39. The van der Waals surface area contributed by atoms with Crippen LogP contribution < -0.4 is 0 Å². The van der Waals surface area contributed by atoms with Crippen molar-refractivity contribution in [3.8, 4) is 0 Å². The summed E-state index contributed by atoms with van der Waals surface area (Å²) in [7, 11) is 1.13. The number of halogens is 2. The van der Waals surface area contributed by atoms with Gasteiger partial charge in [0.05, 0.1) is 0 Å². The van der Waals surface area contributed by atoms with E-state index in [4.69, 9.17) is 4.74 Å². The Hall–Kier alpha value is -0.860. The third kappa shape index (κ3) is 1.76. The van der Waals surface area contributed by atoms with E-state index in [-0.39, 0.29) is 0 Å². The van der Waals surface area contributed by atoms with Gasteiger partial charge in [0.15, 0.2) is 12.4 Å². The quantitative estimate of drug-likeness (QED) is 0.558. The van der Waals surface area contributed by atoms with Crippen molar-refractivity contribution in [2.24, 2.45) is 0 Å². The van der Waals surface area contributed by atoms with Gasteiger partial charge in [-0.25, -0.2) is 8.78 Å². The van der Waals surface area contributed by atoms with Crippen LogP contribution in [0.15, 0.2) is 0 Å². The third-order valence-electron chi connectivity index (χ3n) is 2.83. The SMILES string of the molecule is CO[C@H]1O[C@H](CF)[C@@H](F)[C@@](C)([N+](=O)[O-])[C@H]1O. The van der Waals surface area contributed by atoms with Gasteiger partial charge in [0.1, 0.15) is 12.8 Å². The first-order valence-corrected chi connectivity index (χ1v) is 4.60. The summed E-state index contributed by atoms with van der Waals surface area (Å²) in [4.78, 5) is 9.82. The summed E-state index contributed by atoms with van der Waals surface area (Å²) < 4.78 is 35.5. The number of methoxy groups -OCH3 is 1. The number of hydrogen-bond donors (Lipinski definition) is 1. The zero-order valence-electron chi connectivity index (χ0n) is 8.80. The molecule has 0 radical (unpaired) electrons. The Kier molecular flexibility index (Phi) is 3.76. The van der Waals surface area contributed by atoms with Crippen molar-refractivity contribution in [1.29, 1.82) is 0 Å². The predicted molar refractivity (Wildman–Crippen MR) is 47.9 cm³/mol.